The van der Waals surface area contributed by atoms with Crippen LogP contribution in [0.5, 0.6) is 0 Å². The fourth-order valence-electron chi connectivity index (χ4n) is 3.17. The second-order valence-corrected chi connectivity index (χ2v) is 11.9. The van der Waals surface area contributed by atoms with Gasteiger partial charge in [0.1, 0.15) is 6.29 Å². The van der Waals surface area contributed by atoms with Gasteiger partial charge in [-0.1, -0.05) is 47.0 Å². The third-order valence-electron chi connectivity index (χ3n) is 4.92. The monoisotopic (exact) mass is 314 g/mol. The predicted molar refractivity (Wildman–Crippen MR) is 95.3 cm³/mol. The molecule has 0 spiro atoms. The Hall–Kier alpha value is -0.153. The molecule has 0 saturated carbocycles. The quantitative estimate of drug-likeness (QED) is 0.238. The van der Waals surface area contributed by atoms with Crippen LogP contribution in [0, 0.1) is 5.92 Å². The summed E-state index contributed by atoms with van der Waals surface area (Å²) in [5.41, 5.74) is 0.0246. The van der Waals surface area contributed by atoms with Crippen molar-refractivity contribution in [3.8, 4) is 0 Å². The highest BCUT2D eigenvalue weighted by Crippen LogP contribution is 2.31. The van der Waals surface area contributed by atoms with Crippen LogP contribution in [0.4, 0.5) is 0 Å². The highest BCUT2D eigenvalue weighted by Gasteiger charge is 2.35. The molecule has 0 N–H and O–H groups in total. The van der Waals surface area contributed by atoms with Gasteiger partial charge in [0, 0.05) is 6.42 Å². The van der Waals surface area contributed by atoms with Crippen LogP contribution in [0.1, 0.15) is 80.1 Å². The third-order valence-corrected chi connectivity index (χ3v) is 9.77. The van der Waals surface area contributed by atoms with Crippen LogP contribution >= 0.6 is 0 Å². The molecule has 0 aliphatic rings. The van der Waals surface area contributed by atoms with E-state index in [0.717, 1.165) is 31.5 Å². The standard InChI is InChI=1S/C18H38O2Si/c1-7-21(8-2,9-3)20-18(5,6)15-12-14-17(4)13-10-11-16-19/h16-17H,7-15H2,1-6H3/t17-/m1/s1. The first kappa shape index (κ1) is 20.8. The summed E-state index contributed by atoms with van der Waals surface area (Å²) in [7, 11) is -1.49. The van der Waals surface area contributed by atoms with E-state index in [2.05, 4.69) is 41.5 Å². The molecular formula is C18H38O2Si. The number of aldehydes is 1. The van der Waals surface area contributed by atoms with Gasteiger partial charge in [-0.3, -0.25) is 0 Å². The summed E-state index contributed by atoms with van der Waals surface area (Å²) in [6, 6.07) is 3.68. The van der Waals surface area contributed by atoms with Crippen LogP contribution in [0.3, 0.4) is 0 Å². The molecule has 0 aromatic heterocycles. The molecule has 126 valence electrons. The number of carbonyl (C=O) groups excluding carboxylic acids is 1. The molecule has 0 bridgehead atoms. The Bertz CT molecular complexity index is 264. The van der Waals surface area contributed by atoms with E-state index < -0.39 is 8.32 Å². The van der Waals surface area contributed by atoms with E-state index in [0.29, 0.717) is 0 Å². The highest BCUT2D eigenvalue weighted by molar-refractivity contribution is 6.73. The smallest absolute Gasteiger partial charge is 0.192 e. The Kier molecular flexibility index (Phi) is 10.5. The molecule has 1 atom stereocenters. The Morgan fingerprint density at radius 1 is 1.05 bits per heavy atom. The summed E-state index contributed by atoms with van der Waals surface area (Å²) >= 11 is 0. The average molecular weight is 315 g/mol. The molecule has 0 saturated heterocycles. The molecule has 0 heterocycles. The van der Waals surface area contributed by atoms with Gasteiger partial charge in [-0.2, -0.15) is 0 Å². The predicted octanol–water partition coefficient (Wildman–Crippen LogP) is 5.96. The van der Waals surface area contributed by atoms with Gasteiger partial charge in [-0.05, 0) is 50.7 Å². The van der Waals surface area contributed by atoms with Crippen molar-refractivity contribution >= 4 is 14.6 Å². The Labute approximate surface area is 134 Å². The van der Waals surface area contributed by atoms with Crippen LogP contribution in [-0.4, -0.2) is 20.2 Å². The molecule has 0 aliphatic carbocycles. The zero-order chi connectivity index (χ0) is 16.4. The fourth-order valence-corrected chi connectivity index (χ4v) is 6.38. The van der Waals surface area contributed by atoms with Gasteiger partial charge in [0.05, 0.1) is 5.60 Å². The van der Waals surface area contributed by atoms with Crippen molar-refractivity contribution in [3.05, 3.63) is 0 Å². The lowest BCUT2D eigenvalue weighted by molar-refractivity contribution is -0.107. The second kappa shape index (κ2) is 10.6. The van der Waals surface area contributed by atoms with Gasteiger partial charge in [0.25, 0.3) is 0 Å². The molecule has 0 radical (unpaired) electrons. The number of unbranched alkanes of at least 4 members (excludes halogenated alkanes) is 1. The van der Waals surface area contributed by atoms with Crippen molar-refractivity contribution in [1.82, 2.24) is 0 Å². The van der Waals surface area contributed by atoms with E-state index in [-0.39, 0.29) is 5.60 Å². The second-order valence-electron chi connectivity index (χ2n) is 7.20. The molecule has 0 aromatic rings. The maximum atomic E-state index is 10.3. The van der Waals surface area contributed by atoms with Crippen molar-refractivity contribution in [3.63, 3.8) is 0 Å². The first-order valence-electron chi connectivity index (χ1n) is 8.98. The first-order chi connectivity index (χ1) is 9.84. The molecular weight excluding hydrogens is 276 g/mol. The van der Waals surface area contributed by atoms with Crippen molar-refractivity contribution in [1.29, 1.82) is 0 Å². The zero-order valence-electron chi connectivity index (χ0n) is 15.3. The van der Waals surface area contributed by atoms with E-state index >= 15 is 0 Å². The lowest BCUT2D eigenvalue weighted by Gasteiger charge is -2.38. The summed E-state index contributed by atoms with van der Waals surface area (Å²) < 4.78 is 6.65. The van der Waals surface area contributed by atoms with Crippen LogP contribution in [0.15, 0.2) is 0 Å². The maximum Gasteiger partial charge on any atom is 0.192 e. The molecule has 2 nitrogen and oxygen atoms in total. The van der Waals surface area contributed by atoms with Gasteiger partial charge in [0.15, 0.2) is 8.32 Å². The van der Waals surface area contributed by atoms with E-state index in [1.54, 1.807) is 0 Å². The van der Waals surface area contributed by atoms with Crippen molar-refractivity contribution in [2.24, 2.45) is 5.92 Å². The minimum absolute atomic E-state index is 0.0246. The summed E-state index contributed by atoms with van der Waals surface area (Å²) in [6.45, 7) is 13.7. The van der Waals surface area contributed by atoms with Crippen molar-refractivity contribution in [2.45, 2.75) is 104 Å². The van der Waals surface area contributed by atoms with E-state index in [4.69, 9.17) is 4.43 Å². The Morgan fingerprint density at radius 3 is 2.05 bits per heavy atom. The number of carbonyl (C=O) groups is 1. The Morgan fingerprint density at radius 2 is 1.57 bits per heavy atom. The summed E-state index contributed by atoms with van der Waals surface area (Å²) in [6.07, 6.45) is 7.62. The number of hydrogen-bond acceptors (Lipinski definition) is 2. The molecule has 0 rings (SSSR count). The molecule has 0 fully saturated rings. The van der Waals surface area contributed by atoms with Crippen LogP contribution < -0.4 is 0 Å². The zero-order valence-corrected chi connectivity index (χ0v) is 16.3. The molecule has 3 heteroatoms. The molecule has 0 unspecified atom stereocenters. The lowest BCUT2D eigenvalue weighted by atomic mass is 9.94. The topological polar surface area (TPSA) is 26.3 Å². The fraction of sp³-hybridized carbons (Fsp3) is 0.944. The van der Waals surface area contributed by atoms with E-state index in [9.17, 15) is 4.79 Å². The number of hydrogen-bond donors (Lipinski definition) is 0. The van der Waals surface area contributed by atoms with Crippen LogP contribution in [0.2, 0.25) is 18.1 Å². The van der Waals surface area contributed by atoms with Crippen LogP contribution in [0.25, 0.3) is 0 Å². The minimum atomic E-state index is -1.49. The Balaban J connectivity index is 4.14. The van der Waals surface area contributed by atoms with Gasteiger partial charge in [-0.15, -0.1) is 0 Å². The van der Waals surface area contributed by atoms with Crippen LogP contribution in [-0.2, 0) is 9.22 Å². The third kappa shape index (κ3) is 8.77. The SMILES string of the molecule is CC[Si](CC)(CC)OC(C)(C)CCC[C@H](C)CCCC=O. The van der Waals surface area contributed by atoms with Crippen molar-refractivity contribution < 1.29 is 9.22 Å². The minimum Gasteiger partial charge on any atom is -0.412 e. The van der Waals surface area contributed by atoms with E-state index in [1.807, 2.05) is 0 Å². The molecule has 0 aliphatic heterocycles. The summed E-state index contributed by atoms with van der Waals surface area (Å²) in [5, 5.41) is 0. The largest absolute Gasteiger partial charge is 0.412 e. The summed E-state index contributed by atoms with van der Waals surface area (Å²) in [4.78, 5) is 10.3. The van der Waals surface area contributed by atoms with E-state index in [1.165, 1.54) is 37.4 Å². The van der Waals surface area contributed by atoms with Crippen molar-refractivity contribution in [2.75, 3.05) is 0 Å². The highest BCUT2D eigenvalue weighted by atomic mass is 28.4. The van der Waals surface area contributed by atoms with Gasteiger partial charge >= 0.3 is 0 Å². The molecule has 0 aromatic carbocycles. The average Bonchev–Trinajstić information content (AvgIpc) is 2.45. The van der Waals surface area contributed by atoms with Gasteiger partial charge in [-0.25, -0.2) is 0 Å². The maximum absolute atomic E-state index is 10.3. The van der Waals surface area contributed by atoms with Gasteiger partial charge in [0.2, 0.25) is 0 Å². The normalized spacial score (nSPS) is 14.2. The first-order valence-corrected chi connectivity index (χ1v) is 11.5. The summed E-state index contributed by atoms with van der Waals surface area (Å²) in [5.74, 6) is 0.728. The number of rotatable bonds is 13. The van der Waals surface area contributed by atoms with Gasteiger partial charge < -0.3 is 9.22 Å². The molecule has 0 amide bonds. The molecule has 21 heavy (non-hydrogen) atoms. The lowest BCUT2D eigenvalue weighted by Crippen LogP contribution is -2.44.